The van der Waals surface area contributed by atoms with Gasteiger partial charge in [0.1, 0.15) is 5.82 Å². The number of aromatic nitrogens is 2. The maximum absolute atomic E-state index is 6.01. The Morgan fingerprint density at radius 1 is 1.22 bits per heavy atom. The monoisotopic (exact) mass is 345 g/mol. The molecule has 1 aliphatic rings. The van der Waals surface area contributed by atoms with Gasteiger partial charge in [-0.1, -0.05) is 6.07 Å². The van der Waals surface area contributed by atoms with Gasteiger partial charge in [-0.15, -0.1) is 11.3 Å². The van der Waals surface area contributed by atoms with Crippen molar-refractivity contribution in [3.8, 4) is 21.9 Å². The van der Waals surface area contributed by atoms with Gasteiger partial charge in [-0.2, -0.15) is 4.98 Å². The van der Waals surface area contributed by atoms with E-state index in [2.05, 4.69) is 9.97 Å². The molecule has 0 spiro atoms. The van der Waals surface area contributed by atoms with E-state index in [4.69, 9.17) is 21.1 Å². The van der Waals surface area contributed by atoms with E-state index in [0.717, 1.165) is 33.4 Å². The molecule has 0 amide bonds. The van der Waals surface area contributed by atoms with Crippen molar-refractivity contribution in [2.45, 2.75) is 0 Å². The minimum atomic E-state index is 0.216. The first-order valence-corrected chi connectivity index (χ1v) is 8.18. The average molecular weight is 346 g/mol. The summed E-state index contributed by atoms with van der Waals surface area (Å²) < 4.78 is 10.8. The van der Waals surface area contributed by atoms with Crippen molar-refractivity contribution in [2.24, 2.45) is 0 Å². The standard InChI is InChI=1S/C16H12ClN3O2S/c1-20(10-4-5-12-13(7-10)22-9-21-12)15-11(8-18-16(17)19-15)14-3-2-6-23-14/h2-8H,9H2,1H3. The number of halogens is 1. The van der Waals surface area contributed by atoms with Crippen LogP contribution in [0.25, 0.3) is 10.4 Å². The van der Waals surface area contributed by atoms with Crippen molar-refractivity contribution in [3.63, 3.8) is 0 Å². The van der Waals surface area contributed by atoms with Gasteiger partial charge in [0, 0.05) is 29.9 Å². The second-order valence-corrected chi connectivity index (χ2v) is 6.24. The van der Waals surface area contributed by atoms with Crippen LogP contribution in [0.2, 0.25) is 5.28 Å². The molecule has 0 bridgehead atoms. The third-order valence-electron chi connectivity index (χ3n) is 3.59. The fraction of sp³-hybridized carbons (Fsp3) is 0.125. The molecular formula is C16H12ClN3O2S. The second-order valence-electron chi connectivity index (χ2n) is 4.95. The molecule has 0 atom stereocenters. The molecule has 0 saturated carbocycles. The van der Waals surface area contributed by atoms with Crippen LogP contribution in [-0.4, -0.2) is 23.8 Å². The van der Waals surface area contributed by atoms with Crippen molar-refractivity contribution in [3.05, 3.63) is 47.2 Å². The highest BCUT2D eigenvalue weighted by Gasteiger charge is 2.19. The van der Waals surface area contributed by atoms with E-state index < -0.39 is 0 Å². The zero-order valence-corrected chi connectivity index (χ0v) is 13.8. The minimum Gasteiger partial charge on any atom is -0.454 e. The van der Waals surface area contributed by atoms with E-state index in [1.165, 1.54) is 0 Å². The summed E-state index contributed by atoms with van der Waals surface area (Å²) in [5, 5.41) is 2.24. The number of nitrogens with zero attached hydrogens (tertiary/aromatic N) is 3. The number of fused-ring (bicyclic) bond motifs is 1. The number of thiophene rings is 1. The van der Waals surface area contributed by atoms with Gasteiger partial charge in [0.15, 0.2) is 11.5 Å². The van der Waals surface area contributed by atoms with Crippen molar-refractivity contribution >= 4 is 34.4 Å². The molecule has 1 aromatic carbocycles. The Labute approximate surface area is 142 Å². The molecule has 0 fully saturated rings. The van der Waals surface area contributed by atoms with Crippen LogP contribution in [0.3, 0.4) is 0 Å². The van der Waals surface area contributed by atoms with Crippen LogP contribution >= 0.6 is 22.9 Å². The summed E-state index contributed by atoms with van der Waals surface area (Å²) in [7, 11) is 1.94. The average Bonchev–Trinajstić information content (AvgIpc) is 3.24. The maximum Gasteiger partial charge on any atom is 0.231 e. The molecule has 2 aromatic heterocycles. The Balaban J connectivity index is 1.79. The van der Waals surface area contributed by atoms with Gasteiger partial charge < -0.3 is 14.4 Å². The first kappa shape index (κ1) is 14.3. The van der Waals surface area contributed by atoms with Crippen LogP contribution in [0, 0.1) is 0 Å². The lowest BCUT2D eigenvalue weighted by Gasteiger charge is -2.21. The van der Waals surface area contributed by atoms with E-state index in [1.807, 2.05) is 47.7 Å². The highest BCUT2D eigenvalue weighted by molar-refractivity contribution is 7.13. The van der Waals surface area contributed by atoms with Crippen LogP contribution in [-0.2, 0) is 0 Å². The Morgan fingerprint density at radius 2 is 2.09 bits per heavy atom. The summed E-state index contributed by atoms with van der Waals surface area (Å²) in [6.45, 7) is 0.252. The molecule has 23 heavy (non-hydrogen) atoms. The molecule has 0 radical (unpaired) electrons. The highest BCUT2D eigenvalue weighted by atomic mass is 35.5. The van der Waals surface area contributed by atoms with E-state index in [-0.39, 0.29) is 12.1 Å². The molecule has 0 aliphatic carbocycles. The molecule has 0 unspecified atom stereocenters. The van der Waals surface area contributed by atoms with Gasteiger partial charge in [-0.25, -0.2) is 4.98 Å². The van der Waals surface area contributed by atoms with Crippen LogP contribution in [0.1, 0.15) is 0 Å². The van der Waals surface area contributed by atoms with Crippen molar-refractivity contribution in [1.29, 1.82) is 0 Å². The number of hydrogen-bond donors (Lipinski definition) is 0. The lowest BCUT2D eigenvalue weighted by molar-refractivity contribution is 0.174. The summed E-state index contributed by atoms with van der Waals surface area (Å²) >= 11 is 7.65. The third-order valence-corrected chi connectivity index (χ3v) is 4.67. The number of rotatable bonds is 3. The van der Waals surface area contributed by atoms with Crippen LogP contribution in [0.4, 0.5) is 11.5 Å². The Hall–Kier alpha value is -2.31. The number of ether oxygens (including phenoxy) is 2. The summed E-state index contributed by atoms with van der Waals surface area (Å²) in [5.41, 5.74) is 1.87. The van der Waals surface area contributed by atoms with E-state index in [1.54, 1.807) is 17.5 Å². The Morgan fingerprint density at radius 3 is 2.91 bits per heavy atom. The normalized spacial score (nSPS) is 12.4. The predicted molar refractivity (Wildman–Crippen MR) is 91.0 cm³/mol. The van der Waals surface area contributed by atoms with Crippen LogP contribution in [0.15, 0.2) is 41.9 Å². The fourth-order valence-electron chi connectivity index (χ4n) is 2.43. The summed E-state index contributed by atoms with van der Waals surface area (Å²) in [6, 6.07) is 9.81. The van der Waals surface area contributed by atoms with Gasteiger partial charge in [-0.3, -0.25) is 0 Å². The third kappa shape index (κ3) is 2.60. The van der Waals surface area contributed by atoms with Crippen molar-refractivity contribution in [2.75, 3.05) is 18.7 Å². The first-order chi connectivity index (χ1) is 11.2. The number of benzene rings is 1. The molecule has 3 aromatic rings. The molecule has 1 aliphatic heterocycles. The number of hydrogen-bond acceptors (Lipinski definition) is 6. The van der Waals surface area contributed by atoms with Gasteiger partial charge in [0.2, 0.25) is 12.1 Å². The summed E-state index contributed by atoms with van der Waals surface area (Å²) in [6.07, 6.45) is 1.75. The molecule has 116 valence electrons. The highest BCUT2D eigenvalue weighted by Crippen LogP contribution is 2.39. The second kappa shape index (κ2) is 5.72. The number of anilines is 2. The summed E-state index contributed by atoms with van der Waals surface area (Å²) in [4.78, 5) is 11.6. The quantitative estimate of drug-likeness (QED) is 0.660. The molecule has 3 heterocycles. The molecular weight excluding hydrogens is 334 g/mol. The van der Waals surface area contributed by atoms with E-state index in [0.29, 0.717) is 0 Å². The Kier molecular flexibility index (Phi) is 3.55. The summed E-state index contributed by atoms with van der Waals surface area (Å²) in [5.74, 6) is 2.22. The largest absolute Gasteiger partial charge is 0.454 e. The van der Waals surface area contributed by atoms with E-state index in [9.17, 15) is 0 Å². The molecule has 0 N–H and O–H groups in total. The van der Waals surface area contributed by atoms with E-state index >= 15 is 0 Å². The van der Waals surface area contributed by atoms with Gasteiger partial charge in [0.25, 0.3) is 0 Å². The predicted octanol–water partition coefficient (Wildman–Crippen LogP) is 4.36. The molecule has 0 saturated heterocycles. The van der Waals surface area contributed by atoms with Crippen LogP contribution in [0.5, 0.6) is 11.5 Å². The van der Waals surface area contributed by atoms with Gasteiger partial charge in [0.05, 0.1) is 5.56 Å². The fourth-order valence-corrected chi connectivity index (χ4v) is 3.29. The molecule has 7 heteroatoms. The SMILES string of the molecule is CN(c1ccc2c(c1)OCO2)c1nc(Cl)ncc1-c1cccs1. The smallest absolute Gasteiger partial charge is 0.231 e. The van der Waals surface area contributed by atoms with Gasteiger partial charge in [-0.05, 0) is 35.2 Å². The molecule has 4 rings (SSSR count). The molecule has 5 nitrogen and oxygen atoms in total. The first-order valence-electron chi connectivity index (χ1n) is 6.92. The van der Waals surface area contributed by atoms with Crippen molar-refractivity contribution < 1.29 is 9.47 Å². The maximum atomic E-state index is 6.01. The minimum absolute atomic E-state index is 0.216. The topological polar surface area (TPSA) is 47.5 Å². The lowest BCUT2D eigenvalue weighted by atomic mass is 10.2. The lowest BCUT2D eigenvalue weighted by Crippen LogP contribution is -2.13. The zero-order chi connectivity index (χ0) is 15.8. The van der Waals surface area contributed by atoms with Gasteiger partial charge >= 0.3 is 0 Å². The van der Waals surface area contributed by atoms with Crippen LogP contribution < -0.4 is 14.4 Å². The Bertz CT molecular complexity index is 855. The van der Waals surface area contributed by atoms with Crippen molar-refractivity contribution in [1.82, 2.24) is 9.97 Å². The zero-order valence-electron chi connectivity index (χ0n) is 12.2.